The van der Waals surface area contributed by atoms with E-state index in [9.17, 15) is 13.2 Å². The zero-order valence-electron chi connectivity index (χ0n) is 13.1. The van der Waals surface area contributed by atoms with Crippen molar-refractivity contribution in [1.29, 1.82) is 0 Å². The lowest BCUT2D eigenvalue weighted by molar-refractivity contribution is -0.137. The molecule has 0 fully saturated rings. The van der Waals surface area contributed by atoms with Gasteiger partial charge in [-0.3, -0.25) is 0 Å². The van der Waals surface area contributed by atoms with Crippen molar-refractivity contribution in [2.75, 3.05) is 11.9 Å². The van der Waals surface area contributed by atoms with Crippen molar-refractivity contribution in [1.82, 2.24) is 14.5 Å². The summed E-state index contributed by atoms with van der Waals surface area (Å²) in [6.07, 6.45) is -2.39. The van der Waals surface area contributed by atoms with Gasteiger partial charge in [-0.2, -0.15) is 13.2 Å². The summed E-state index contributed by atoms with van der Waals surface area (Å²) >= 11 is 0. The third-order valence-electron chi connectivity index (χ3n) is 3.81. The summed E-state index contributed by atoms with van der Waals surface area (Å²) < 4.78 is 40.8. The van der Waals surface area contributed by atoms with Crippen LogP contribution in [0.2, 0.25) is 0 Å². The molecule has 1 aromatic carbocycles. The predicted octanol–water partition coefficient (Wildman–Crippen LogP) is 4.26. The number of hydrogen-bond acceptors (Lipinski definition) is 3. The van der Waals surface area contributed by atoms with Crippen LogP contribution in [-0.4, -0.2) is 21.1 Å². The summed E-state index contributed by atoms with van der Waals surface area (Å²) in [4.78, 5) is 8.27. The van der Waals surface area contributed by atoms with Crippen molar-refractivity contribution in [2.45, 2.75) is 26.1 Å². The molecule has 1 N–H and O–H groups in total. The second kappa shape index (κ2) is 6.51. The van der Waals surface area contributed by atoms with Crippen LogP contribution in [0.1, 0.15) is 17.8 Å². The molecule has 0 spiro atoms. The Balaban J connectivity index is 1.65. The molecule has 3 rings (SSSR count). The Morgan fingerprint density at radius 3 is 2.71 bits per heavy atom. The average Bonchev–Trinajstić information content (AvgIpc) is 2.86. The summed E-state index contributed by atoms with van der Waals surface area (Å²) in [6.45, 7) is 2.99. The van der Waals surface area contributed by atoms with E-state index in [4.69, 9.17) is 0 Å². The molecule has 3 aromatic rings. The van der Waals surface area contributed by atoms with E-state index in [2.05, 4.69) is 19.9 Å². The summed E-state index contributed by atoms with van der Waals surface area (Å²) in [5.41, 5.74) is 1.21. The van der Waals surface area contributed by atoms with E-state index in [1.165, 1.54) is 12.3 Å². The number of rotatable bonds is 5. The van der Waals surface area contributed by atoms with Crippen LogP contribution < -0.4 is 5.32 Å². The van der Waals surface area contributed by atoms with Gasteiger partial charge in [0.05, 0.1) is 16.6 Å². The Kier molecular flexibility index (Phi) is 4.42. The summed E-state index contributed by atoms with van der Waals surface area (Å²) in [6, 6.07) is 10.1. The lowest BCUT2D eigenvalue weighted by Gasteiger charge is -2.13. The number of imidazole rings is 1. The lowest BCUT2D eigenvalue weighted by atomic mass is 10.2. The lowest BCUT2D eigenvalue weighted by Crippen LogP contribution is -2.14. The fourth-order valence-electron chi connectivity index (χ4n) is 2.70. The number of nitrogens with one attached hydrogen (secondary N) is 1. The van der Waals surface area contributed by atoms with Crippen molar-refractivity contribution in [3.8, 4) is 0 Å². The SMILES string of the molecule is Cc1nc2ccccc2n1CCCNc1ncccc1C(F)(F)F. The van der Waals surface area contributed by atoms with Crippen molar-refractivity contribution in [2.24, 2.45) is 0 Å². The number of anilines is 1. The normalized spacial score (nSPS) is 11.8. The minimum Gasteiger partial charge on any atom is -0.370 e. The zero-order valence-corrected chi connectivity index (χ0v) is 13.1. The van der Waals surface area contributed by atoms with E-state index >= 15 is 0 Å². The first-order valence-electron chi connectivity index (χ1n) is 7.65. The smallest absolute Gasteiger partial charge is 0.370 e. The first kappa shape index (κ1) is 16.3. The topological polar surface area (TPSA) is 42.7 Å². The summed E-state index contributed by atoms with van der Waals surface area (Å²) in [5, 5.41) is 2.78. The number of alkyl halides is 3. The molecule has 0 amide bonds. The van der Waals surface area contributed by atoms with Crippen LogP contribution in [0.25, 0.3) is 11.0 Å². The maximum absolute atomic E-state index is 12.9. The highest BCUT2D eigenvalue weighted by Crippen LogP contribution is 2.33. The monoisotopic (exact) mass is 334 g/mol. The van der Waals surface area contributed by atoms with Gasteiger partial charge >= 0.3 is 6.18 Å². The molecule has 24 heavy (non-hydrogen) atoms. The summed E-state index contributed by atoms with van der Waals surface area (Å²) in [7, 11) is 0. The number of halogens is 3. The van der Waals surface area contributed by atoms with Gasteiger partial charge in [-0.05, 0) is 37.6 Å². The van der Waals surface area contributed by atoms with Crippen LogP contribution in [0.5, 0.6) is 0 Å². The van der Waals surface area contributed by atoms with Gasteiger partial charge in [-0.1, -0.05) is 12.1 Å². The number of aryl methyl sites for hydroxylation is 2. The molecule has 0 aliphatic rings. The van der Waals surface area contributed by atoms with Crippen LogP contribution in [-0.2, 0) is 12.7 Å². The fourth-order valence-corrected chi connectivity index (χ4v) is 2.70. The molecule has 126 valence electrons. The van der Waals surface area contributed by atoms with Crippen LogP contribution in [0.3, 0.4) is 0 Å². The Morgan fingerprint density at radius 2 is 1.92 bits per heavy atom. The molecule has 0 atom stereocenters. The largest absolute Gasteiger partial charge is 0.419 e. The second-order valence-corrected chi connectivity index (χ2v) is 5.48. The number of fused-ring (bicyclic) bond motifs is 1. The molecular weight excluding hydrogens is 317 g/mol. The molecule has 0 aliphatic heterocycles. The highest BCUT2D eigenvalue weighted by molar-refractivity contribution is 5.75. The Labute approximate surface area is 137 Å². The Bertz CT molecular complexity index is 839. The third kappa shape index (κ3) is 3.34. The van der Waals surface area contributed by atoms with Crippen LogP contribution in [0, 0.1) is 6.92 Å². The van der Waals surface area contributed by atoms with Crippen molar-refractivity contribution in [3.05, 3.63) is 54.0 Å². The quantitative estimate of drug-likeness (QED) is 0.709. The van der Waals surface area contributed by atoms with E-state index in [0.717, 1.165) is 22.9 Å². The van der Waals surface area contributed by atoms with Gasteiger partial charge < -0.3 is 9.88 Å². The predicted molar refractivity (Wildman–Crippen MR) is 86.8 cm³/mol. The van der Waals surface area contributed by atoms with E-state index in [1.807, 2.05) is 31.2 Å². The number of aromatic nitrogens is 3. The number of pyridine rings is 1. The highest BCUT2D eigenvalue weighted by Gasteiger charge is 2.33. The van der Waals surface area contributed by atoms with Gasteiger partial charge in [0.1, 0.15) is 11.6 Å². The molecule has 0 radical (unpaired) electrons. The van der Waals surface area contributed by atoms with E-state index in [-0.39, 0.29) is 5.82 Å². The van der Waals surface area contributed by atoms with Gasteiger partial charge in [-0.15, -0.1) is 0 Å². The molecule has 2 aromatic heterocycles. The molecule has 7 heteroatoms. The Hall–Kier alpha value is -2.57. The second-order valence-electron chi connectivity index (χ2n) is 5.48. The standard InChI is InChI=1S/C17H17F3N4/c1-12-23-14-7-2-3-8-15(14)24(12)11-5-10-22-16-13(17(18,19)20)6-4-9-21-16/h2-4,6-9H,5,10-11H2,1H3,(H,21,22). The molecule has 0 saturated carbocycles. The van der Waals surface area contributed by atoms with Gasteiger partial charge in [0.2, 0.25) is 0 Å². The zero-order chi connectivity index (χ0) is 17.2. The van der Waals surface area contributed by atoms with Gasteiger partial charge in [0.15, 0.2) is 0 Å². The van der Waals surface area contributed by atoms with Crippen LogP contribution in [0.15, 0.2) is 42.6 Å². The minimum absolute atomic E-state index is 0.128. The molecule has 0 unspecified atom stereocenters. The highest BCUT2D eigenvalue weighted by atomic mass is 19.4. The number of nitrogens with zero attached hydrogens (tertiary/aromatic N) is 3. The molecule has 0 aliphatic carbocycles. The molecule has 4 nitrogen and oxygen atoms in total. The van der Waals surface area contributed by atoms with Crippen molar-refractivity contribution >= 4 is 16.9 Å². The average molecular weight is 334 g/mol. The van der Waals surface area contributed by atoms with Gasteiger partial charge in [0.25, 0.3) is 0 Å². The molecular formula is C17H17F3N4. The first-order valence-corrected chi connectivity index (χ1v) is 7.65. The van der Waals surface area contributed by atoms with Crippen molar-refractivity contribution < 1.29 is 13.2 Å². The molecule has 2 heterocycles. The number of hydrogen-bond donors (Lipinski definition) is 1. The summed E-state index contributed by atoms with van der Waals surface area (Å²) in [5.74, 6) is 0.766. The maximum atomic E-state index is 12.9. The number of para-hydroxylation sites is 2. The molecule has 0 bridgehead atoms. The van der Waals surface area contributed by atoms with Crippen molar-refractivity contribution in [3.63, 3.8) is 0 Å². The fraction of sp³-hybridized carbons (Fsp3) is 0.294. The van der Waals surface area contributed by atoms with Gasteiger partial charge in [-0.25, -0.2) is 9.97 Å². The van der Waals surface area contributed by atoms with E-state index in [1.54, 1.807) is 0 Å². The first-order chi connectivity index (χ1) is 11.5. The molecule has 0 saturated heterocycles. The number of benzene rings is 1. The van der Waals surface area contributed by atoms with Gasteiger partial charge in [0, 0.05) is 19.3 Å². The van der Waals surface area contributed by atoms with E-state index < -0.39 is 11.7 Å². The van der Waals surface area contributed by atoms with E-state index in [0.29, 0.717) is 19.5 Å². The minimum atomic E-state index is -4.41. The Morgan fingerprint density at radius 1 is 1.12 bits per heavy atom. The van der Waals surface area contributed by atoms with Crippen LogP contribution in [0.4, 0.5) is 19.0 Å². The van der Waals surface area contributed by atoms with Crippen LogP contribution >= 0.6 is 0 Å². The third-order valence-corrected chi connectivity index (χ3v) is 3.81. The maximum Gasteiger partial charge on any atom is 0.419 e.